The normalized spacial score (nSPS) is 21.8. The summed E-state index contributed by atoms with van der Waals surface area (Å²) >= 11 is 0. The predicted molar refractivity (Wildman–Crippen MR) is 71.0 cm³/mol. The molecule has 0 saturated carbocycles. The van der Waals surface area contributed by atoms with Gasteiger partial charge in [0, 0.05) is 19.3 Å². The van der Waals surface area contributed by atoms with E-state index in [-0.39, 0.29) is 22.1 Å². The number of aromatic nitrogens is 1. The summed E-state index contributed by atoms with van der Waals surface area (Å²) in [4.78, 5) is 3.66. The fourth-order valence-corrected chi connectivity index (χ4v) is 5.22. The van der Waals surface area contributed by atoms with Crippen LogP contribution in [0, 0.1) is 11.3 Å². The lowest BCUT2D eigenvalue weighted by molar-refractivity contribution is 0.394. The van der Waals surface area contributed by atoms with E-state index in [4.69, 9.17) is 5.26 Å². The van der Waals surface area contributed by atoms with Crippen molar-refractivity contribution in [1.29, 1.82) is 5.26 Å². The molecular formula is C11H13N3O4S2. The number of hydrogen-bond donors (Lipinski definition) is 0. The summed E-state index contributed by atoms with van der Waals surface area (Å²) in [6, 6.07) is 3.85. The SMILES string of the molecule is CN(C1CCS(=O)(=O)C1)S(=O)(=O)c1ccc(C#N)nc1. The zero-order valence-electron chi connectivity index (χ0n) is 10.7. The zero-order valence-corrected chi connectivity index (χ0v) is 12.4. The van der Waals surface area contributed by atoms with Gasteiger partial charge in [-0.25, -0.2) is 21.8 Å². The molecule has 1 atom stereocenters. The Bertz CT molecular complexity index is 748. The minimum Gasteiger partial charge on any atom is -0.244 e. The van der Waals surface area contributed by atoms with Gasteiger partial charge in [-0.3, -0.25) is 0 Å². The number of pyridine rings is 1. The van der Waals surface area contributed by atoms with Gasteiger partial charge in [-0.15, -0.1) is 0 Å². The van der Waals surface area contributed by atoms with Gasteiger partial charge in [0.15, 0.2) is 9.84 Å². The highest BCUT2D eigenvalue weighted by molar-refractivity contribution is 7.92. The average molecular weight is 315 g/mol. The third kappa shape index (κ3) is 2.82. The van der Waals surface area contributed by atoms with Crippen molar-refractivity contribution >= 4 is 19.9 Å². The first-order valence-electron chi connectivity index (χ1n) is 5.81. The molecule has 7 nitrogen and oxygen atoms in total. The molecule has 0 bridgehead atoms. The molecular weight excluding hydrogens is 302 g/mol. The van der Waals surface area contributed by atoms with E-state index < -0.39 is 25.9 Å². The molecule has 1 aromatic heterocycles. The van der Waals surface area contributed by atoms with E-state index in [1.807, 2.05) is 0 Å². The van der Waals surface area contributed by atoms with E-state index in [1.165, 1.54) is 19.2 Å². The quantitative estimate of drug-likeness (QED) is 0.761. The van der Waals surface area contributed by atoms with Crippen LogP contribution in [0.5, 0.6) is 0 Å². The van der Waals surface area contributed by atoms with Gasteiger partial charge in [0.1, 0.15) is 16.7 Å². The molecule has 0 spiro atoms. The van der Waals surface area contributed by atoms with E-state index in [9.17, 15) is 16.8 Å². The average Bonchev–Trinajstić information content (AvgIpc) is 2.78. The largest absolute Gasteiger partial charge is 0.244 e. The topological polar surface area (TPSA) is 108 Å². The Balaban J connectivity index is 2.28. The van der Waals surface area contributed by atoms with Gasteiger partial charge in [0.25, 0.3) is 0 Å². The summed E-state index contributed by atoms with van der Waals surface area (Å²) in [5.41, 5.74) is 0.120. The molecule has 0 aromatic carbocycles. The fourth-order valence-electron chi connectivity index (χ4n) is 2.02. The zero-order chi connectivity index (χ0) is 15.0. The molecule has 1 fully saturated rings. The van der Waals surface area contributed by atoms with Crippen molar-refractivity contribution in [3.8, 4) is 6.07 Å². The molecule has 108 valence electrons. The number of sulfonamides is 1. The second-order valence-electron chi connectivity index (χ2n) is 4.57. The second kappa shape index (κ2) is 5.12. The summed E-state index contributed by atoms with van der Waals surface area (Å²) in [6.45, 7) is 0. The summed E-state index contributed by atoms with van der Waals surface area (Å²) in [5.74, 6) is -0.157. The maximum absolute atomic E-state index is 12.3. The smallest absolute Gasteiger partial charge is 0.244 e. The summed E-state index contributed by atoms with van der Waals surface area (Å²) in [7, 11) is -5.60. The van der Waals surface area contributed by atoms with Gasteiger partial charge in [-0.1, -0.05) is 0 Å². The van der Waals surface area contributed by atoms with Crippen LogP contribution in [-0.4, -0.2) is 50.7 Å². The highest BCUT2D eigenvalue weighted by Crippen LogP contribution is 2.23. The Morgan fingerprint density at radius 2 is 2.15 bits per heavy atom. The van der Waals surface area contributed by atoms with Crippen molar-refractivity contribution in [3.63, 3.8) is 0 Å². The maximum Gasteiger partial charge on any atom is 0.244 e. The van der Waals surface area contributed by atoms with E-state index >= 15 is 0 Å². The fraction of sp³-hybridized carbons (Fsp3) is 0.455. The Morgan fingerprint density at radius 1 is 1.45 bits per heavy atom. The lowest BCUT2D eigenvalue weighted by Crippen LogP contribution is -2.37. The molecule has 0 N–H and O–H groups in total. The Hall–Kier alpha value is -1.50. The van der Waals surface area contributed by atoms with Gasteiger partial charge < -0.3 is 0 Å². The Morgan fingerprint density at radius 3 is 2.60 bits per heavy atom. The van der Waals surface area contributed by atoms with Crippen molar-refractivity contribution in [1.82, 2.24) is 9.29 Å². The molecule has 0 radical (unpaired) electrons. The van der Waals surface area contributed by atoms with Gasteiger partial charge in [-0.2, -0.15) is 9.57 Å². The standard InChI is InChI=1S/C11H13N3O4S2/c1-14(10-4-5-19(15,16)8-10)20(17,18)11-3-2-9(6-12)13-7-11/h2-3,7,10H,4-5,8H2,1H3. The minimum absolute atomic E-state index is 0.00312. The summed E-state index contributed by atoms with van der Waals surface area (Å²) < 4.78 is 48.6. The molecule has 20 heavy (non-hydrogen) atoms. The molecule has 2 rings (SSSR count). The van der Waals surface area contributed by atoms with Crippen LogP contribution in [0.2, 0.25) is 0 Å². The predicted octanol–water partition coefficient (Wildman–Crippen LogP) is -0.239. The van der Waals surface area contributed by atoms with Crippen molar-refractivity contribution < 1.29 is 16.8 Å². The van der Waals surface area contributed by atoms with E-state index in [2.05, 4.69) is 4.98 Å². The molecule has 1 aromatic rings. The van der Waals surface area contributed by atoms with Crippen LogP contribution in [0.15, 0.2) is 23.2 Å². The van der Waals surface area contributed by atoms with E-state index in [1.54, 1.807) is 6.07 Å². The van der Waals surface area contributed by atoms with Crippen molar-refractivity contribution in [2.75, 3.05) is 18.6 Å². The van der Waals surface area contributed by atoms with Crippen LogP contribution in [0.25, 0.3) is 0 Å². The first-order valence-corrected chi connectivity index (χ1v) is 9.07. The molecule has 1 unspecified atom stereocenters. The number of nitrogens with zero attached hydrogens (tertiary/aromatic N) is 3. The third-order valence-electron chi connectivity index (χ3n) is 3.25. The molecule has 1 saturated heterocycles. The van der Waals surface area contributed by atoms with Crippen LogP contribution in [0.4, 0.5) is 0 Å². The lowest BCUT2D eigenvalue weighted by Gasteiger charge is -2.22. The third-order valence-corrected chi connectivity index (χ3v) is 6.89. The lowest BCUT2D eigenvalue weighted by atomic mass is 10.3. The van der Waals surface area contributed by atoms with Crippen LogP contribution >= 0.6 is 0 Å². The van der Waals surface area contributed by atoms with Crippen molar-refractivity contribution in [2.45, 2.75) is 17.4 Å². The molecule has 0 amide bonds. The number of rotatable bonds is 3. The number of hydrogen-bond acceptors (Lipinski definition) is 6. The van der Waals surface area contributed by atoms with Crippen LogP contribution in [-0.2, 0) is 19.9 Å². The van der Waals surface area contributed by atoms with Crippen LogP contribution < -0.4 is 0 Å². The number of sulfone groups is 1. The molecule has 2 heterocycles. The molecule has 0 aliphatic carbocycles. The Kier molecular flexibility index (Phi) is 3.82. The highest BCUT2D eigenvalue weighted by Gasteiger charge is 2.36. The highest BCUT2D eigenvalue weighted by atomic mass is 32.2. The van der Waals surface area contributed by atoms with Gasteiger partial charge in [-0.05, 0) is 18.6 Å². The molecule has 1 aliphatic heterocycles. The van der Waals surface area contributed by atoms with Crippen LogP contribution in [0.1, 0.15) is 12.1 Å². The monoisotopic (exact) mass is 315 g/mol. The summed E-state index contributed by atoms with van der Waals surface area (Å²) in [5, 5.41) is 8.63. The maximum atomic E-state index is 12.3. The first kappa shape index (κ1) is 14.9. The molecule has 9 heteroatoms. The van der Waals surface area contributed by atoms with E-state index in [0.29, 0.717) is 6.42 Å². The minimum atomic E-state index is -3.80. The second-order valence-corrected chi connectivity index (χ2v) is 8.80. The number of nitriles is 1. The van der Waals surface area contributed by atoms with Crippen LogP contribution in [0.3, 0.4) is 0 Å². The van der Waals surface area contributed by atoms with E-state index in [0.717, 1.165) is 10.5 Å². The Labute approximate surface area is 117 Å². The van der Waals surface area contributed by atoms with Crippen molar-refractivity contribution in [3.05, 3.63) is 24.0 Å². The summed E-state index contributed by atoms with van der Waals surface area (Å²) in [6.07, 6.45) is 1.40. The molecule has 1 aliphatic rings. The van der Waals surface area contributed by atoms with Crippen molar-refractivity contribution in [2.24, 2.45) is 0 Å². The first-order chi connectivity index (χ1) is 9.26. The van der Waals surface area contributed by atoms with Gasteiger partial charge in [0.2, 0.25) is 10.0 Å². The van der Waals surface area contributed by atoms with Gasteiger partial charge in [0.05, 0.1) is 11.5 Å². The van der Waals surface area contributed by atoms with Gasteiger partial charge >= 0.3 is 0 Å².